The van der Waals surface area contributed by atoms with Crippen LogP contribution in [0.4, 0.5) is 5.69 Å². The van der Waals surface area contributed by atoms with Crippen molar-refractivity contribution in [3.8, 4) is 0 Å². The first-order valence-corrected chi connectivity index (χ1v) is 9.81. The Hall–Kier alpha value is -2.13. The number of benzene rings is 2. The van der Waals surface area contributed by atoms with Crippen molar-refractivity contribution in [3.63, 3.8) is 0 Å². The third-order valence-electron chi connectivity index (χ3n) is 4.87. The lowest BCUT2D eigenvalue weighted by Crippen LogP contribution is -2.49. The number of rotatable bonds is 6. The predicted molar refractivity (Wildman–Crippen MR) is 130 cm³/mol. The molecule has 1 aliphatic rings. The molecular formula is C22H30IN5O. The molecular weight excluding hydrogens is 477 g/mol. The first-order chi connectivity index (χ1) is 13.7. The molecule has 2 aromatic rings. The second-order valence-electron chi connectivity index (χ2n) is 7.02. The van der Waals surface area contributed by atoms with Crippen molar-refractivity contribution >= 4 is 41.5 Å². The van der Waals surface area contributed by atoms with Crippen molar-refractivity contribution in [2.75, 3.05) is 32.0 Å². The van der Waals surface area contributed by atoms with E-state index in [0.717, 1.165) is 38.2 Å². The molecule has 0 bridgehead atoms. The van der Waals surface area contributed by atoms with Crippen LogP contribution in [0.5, 0.6) is 0 Å². The Morgan fingerprint density at radius 2 is 1.66 bits per heavy atom. The number of aliphatic imine (C=N–C) groups is 1. The number of halogens is 1. The number of likely N-dealkylation sites (tertiary alicyclic amines) is 1. The van der Waals surface area contributed by atoms with Crippen LogP contribution in [-0.4, -0.2) is 49.5 Å². The summed E-state index contributed by atoms with van der Waals surface area (Å²) in [6.07, 6.45) is 2.12. The van der Waals surface area contributed by atoms with Crippen LogP contribution in [0, 0.1) is 0 Å². The van der Waals surface area contributed by atoms with Crippen molar-refractivity contribution in [3.05, 3.63) is 66.2 Å². The Morgan fingerprint density at radius 3 is 2.28 bits per heavy atom. The molecule has 0 aliphatic carbocycles. The molecule has 1 saturated heterocycles. The number of nitrogens with one attached hydrogen (secondary N) is 3. The molecule has 0 atom stereocenters. The van der Waals surface area contributed by atoms with E-state index in [1.807, 2.05) is 30.3 Å². The molecule has 1 heterocycles. The van der Waals surface area contributed by atoms with Gasteiger partial charge in [-0.2, -0.15) is 0 Å². The highest BCUT2D eigenvalue weighted by molar-refractivity contribution is 14.0. The molecule has 0 saturated carbocycles. The molecule has 0 radical (unpaired) electrons. The molecule has 1 aliphatic heterocycles. The number of amides is 1. The van der Waals surface area contributed by atoms with E-state index in [4.69, 9.17) is 0 Å². The van der Waals surface area contributed by atoms with Gasteiger partial charge in [0.15, 0.2) is 5.96 Å². The number of piperidine rings is 1. The maximum atomic E-state index is 12.1. The molecule has 6 nitrogen and oxygen atoms in total. The Kier molecular flexibility index (Phi) is 9.93. The largest absolute Gasteiger partial charge is 0.354 e. The van der Waals surface area contributed by atoms with Crippen molar-refractivity contribution in [2.24, 2.45) is 4.99 Å². The summed E-state index contributed by atoms with van der Waals surface area (Å²) in [5.74, 6) is 0.580. The van der Waals surface area contributed by atoms with Crippen LogP contribution in [0.25, 0.3) is 0 Å². The van der Waals surface area contributed by atoms with Gasteiger partial charge >= 0.3 is 0 Å². The quantitative estimate of drug-likeness (QED) is 0.320. The lowest BCUT2D eigenvalue weighted by Gasteiger charge is -2.33. The van der Waals surface area contributed by atoms with Gasteiger partial charge in [0.1, 0.15) is 0 Å². The number of carbonyl (C=O) groups excluding carboxylic acids is 1. The SMILES string of the molecule is CN=C(NCC(=O)Nc1ccccc1)NC1CCN(Cc2ccccc2)CC1.I. The maximum absolute atomic E-state index is 12.1. The number of carbonyl (C=O) groups is 1. The fraction of sp³-hybridized carbons (Fsp3) is 0.364. The van der Waals surface area contributed by atoms with Gasteiger partial charge in [0.25, 0.3) is 0 Å². The van der Waals surface area contributed by atoms with Gasteiger partial charge < -0.3 is 16.0 Å². The van der Waals surface area contributed by atoms with E-state index in [1.54, 1.807) is 7.05 Å². The average Bonchev–Trinajstić information content (AvgIpc) is 2.74. The Labute approximate surface area is 190 Å². The van der Waals surface area contributed by atoms with E-state index in [2.05, 4.69) is 56.2 Å². The zero-order chi connectivity index (χ0) is 19.6. The molecule has 29 heavy (non-hydrogen) atoms. The van der Waals surface area contributed by atoms with Crippen LogP contribution in [-0.2, 0) is 11.3 Å². The van der Waals surface area contributed by atoms with Crippen LogP contribution in [0.2, 0.25) is 0 Å². The molecule has 7 heteroatoms. The number of guanidine groups is 1. The third-order valence-corrected chi connectivity index (χ3v) is 4.87. The maximum Gasteiger partial charge on any atom is 0.243 e. The summed E-state index contributed by atoms with van der Waals surface area (Å²) in [6, 6.07) is 20.4. The highest BCUT2D eigenvalue weighted by Crippen LogP contribution is 2.13. The summed E-state index contributed by atoms with van der Waals surface area (Å²) in [4.78, 5) is 18.8. The van der Waals surface area contributed by atoms with E-state index in [-0.39, 0.29) is 36.4 Å². The highest BCUT2D eigenvalue weighted by Gasteiger charge is 2.20. The topological polar surface area (TPSA) is 68.8 Å². The minimum absolute atomic E-state index is 0. The van der Waals surface area contributed by atoms with E-state index < -0.39 is 0 Å². The highest BCUT2D eigenvalue weighted by atomic mass is 127. The molecule has 0 unspecified atom stereocenters. The Morgan fingerprint density at radius 1 is 1.03 bits per heavy atom. The van der Waals surface area contributed by atoms with Crippen LogP contribution in [0.15, 0.2) is 65.7 Å². The van der Waals surface area contributed by atoms with Gasteiger partial charge in [-0.15, -0.1) is 24.0 Å². The fourth-order valence-corrected chi connectivity index (χ4v) is 3.36. The molecule has 3 N–H and O–H groups in total. The summed E-state index contributed by atoms with van der Waals surface area (Å²) in [6.45, 7) is 3.29. The Balaban J connectivity index is 0.00000300. The van der Waals surface area contributed by atoms with Gasteiger partial charge in [-0.1, -0.05) is 48.5 Å². The van der Waals surface area contributed by atoms with E-state index >= 15 is 0 Å². The van der Waals surface area contributed by atoms with E-state index in [9.17, 15) is 4.79 Å². The second-order valence-corrected chi connectivity index (χ2v) is 7.02. The first kappa shape index (κ1) is 23.2. The molecule has 3 rings (SSSR count). The smallest absolute Gasteiger partial charge is 0.243 e. The van der Waals surface area contributed by atoms with Gasteiger partial charge in [-0.05, 0) is 30.5 Å². The molecule has 1 fully saturated rings. The number of para-hydroxylation sites is 1. The van der Waals surface area contributed by atoms with Crippen LogP contribution in [0.1, 0.15) is 18.4 Å². The van der Waals surface area contributed by atoms with Crippen molar-refractivity contribution in [2.45, 2.75) is 25.4 Å². The van der Waals surface area contributed by atoms with E-state index in [0.29, 0.717) is 12.0 Å². The van der Waals surface area contributed by atoms with Gasteiger partial charge in [0, 0.05) is 38.4 Å². The molecule has 1 amide bonds. The summed E-state index contributed by atoms with van der Waals surface area (Å²) in [5.41, 5.74) is 2.15. The molecule has 0 aromatic heterocycles. The minimum atomic E-state index is -0.0909. The zero-order valence-electron chi connectivity index (χ0n) is 16.8. The third kappa shape index (κ3) is 8.02. The number of anilines is 1. The summed E-state index contributed by atoms with van der Waals surface area (Å²) in [7, 11) is 1.73. The second kappa shape index (κ2) is 12.4. The summed E-state index contributed by atoms with van der Waals surface area (Å²) in [5, 5.41) is 9.41. The van der Waals surface area contributed by atoms with Crippen LogP contribution >= 0.6 is 24.0 Å². The van der Waals surface area contributed by atoms with Crippen LogP contribution in [0.3, 0.4) is 0 Å². The molecule has 156 valence electrons. The zero-order valence-corrected chi connectivity index (χ0v) is 19.1. The fourth-order valence-electron chi connectivity index (χ4n) is 3.36. The standard InChI is InChI=1S/C22H29N5O.HI/c1-23-22(24-16-21(28)25-19-10-6-3-7-11-19)26-20-12-14-27(15-13-20)17-18-8-4-2-5-9-18;/h2-11,20H,12-17H2,1H3,(H,25,28)(H2,23,24,26);1H. The minimum Gasteiger partial charge on any atom is -0.354 e. The summed E-state index contributed by atoms with van der Waals surface area (Å²) >= 11 is 0. The Bertz CT molecular complexity index is 761. The number of hydrogen-bond acceptors (Lipinski definition) is 3. The normalized spacial score (nSPS) is 15.3. The average molecular weight is 507 g/mol. The van der Waals surface area contributed by atoms with Crippen LogP contribution < -0.4 is 16.0 Å². The summed E-state index contributed by atoms with van der Waals surface area (Å²) < 4.78 is 0. The lowest BCUT2D eigenvalue weighted by molar-refractivity contribution is -0.115. The van der Waals surface area contributed by atoms with Gasteiger partial charge in [-0.3, -0.25) is 14.7 Å². The first-order valence-electron chi connectivity index (χ1n) is 9.81. The van der Waals surface area contributed by atoms with E-state index in [1.165, 1.54) is 5.56 Å². The van der Waals surface area contributed by atoms with Gasteiger partial charge in [-0.25, -0.2) is 0 Å². The molecule has 0 spiro atoms. The number of nitrogens with zero attached hydrogens (tertiary/aromatic N) is 2. The predicted octanol–water partition coefficient (Wildman–Crippen LogP) is 3.07. The lowest BCUT2D eigenvalue weighted by atomic mass is 10.0. The monoisotopic (exact) mass is 507 g/mol. The van der Waals surface area contributed by atoms with Crippen molar-refractivity contribution in [1.29, 1.82) is 0 Å². The van der Waals surface area contributed by atoms with Crippen molar-refractivity contribution < 1.29 is 4.79 Å². The van der Waals surface area contributed by atoms with Gasteiger partial charge in [0.2, 0.25) is 5.91 Å². The van der Waals surface area contributed by atoms with Gasteiger partial charge in [0.05, 0.1) is 6.54 Å². The number of hydrogen-bond donors (Lipinski definition) is 3. The molecule has 2 aromatic carbocycles. The van der Waals surface area contributed by atoms with Crippen molar-refractivity contribution in [1.82, 2.24) is 15.5 Å².